The van der Waals surface area contributed by atoms with Crippen molar-refractivity contribution in [2.75, 3.05) is 26.8 Å². The molecule has 1 aromatic heterocycles. The average Bonchev–Trinajstić information content (AvgIpc) is 3.15. The van der Waals surface area contributed by atoms with Gasteiger partial charge in [-0.25, -0.2) is 0 Å². The second kappa shape index (κ2) is 12.5. The van der Waals surface area contributed by atoms with Crippen LogP contribution < -0.4 is 10.6 Å². The largest absolute Gasteiger partial charge is 0.381 e. The van der Waals surface area contributed by atoms with Crippen molar-refractivity contribution in [2.45, 2.75) is 39.2 Å². The quantitative estimate of drug-likeness (QED) is 0.355. The van der Waals surface area contributed by atoms with E-state index in [2.05, 4.69) is 58.9 Å². The van der Waals surface area contributed by atoms with Gasteiger partial charge in [0.2, 0.25) is 0 Å². The molecule has 0 amide bonds. The average molecular weight is 374 g/mol. The molecule has 4 nitrogen and oxygen atoms in total. The molecule has 0 unspecified atom stereocenters. The van der Waals surface area contributed by atoms with Crippen LogP contribution in [0.25, 0.3) is 0 Å². The summed E-state index contributed by atoms with van der Waals surface area (Å²) in [4.78, 5) is 7.05. The summed E-state index contributed by atoms with van der Waals surface area (Å²) in [5, 5.41) is 6.74. The normalized spacial score (nSPS) is 11.5. The third kappa shape index (κ3) is 8.02. The Morgan fingerprint density at radius 1 is 1.00 bits per heavy atom. The Hall–Kier alpha value is -1.85. The van der Waals surface area contributed by atoms with Crippen LogP contribution in [-0.4, -0.2) is 32.8 Å². The third-order valence-corrected chi connectivity index (χ3v) is 5.33. The van der Waals surface area contributed by atoms with Crippen LogP contribution in [0.15, 0.2) is 47.5 Å². The highest BCUT2D eigenvalue weighted by Gasteiger charge is 2.01. The van der Waals surface area contributed by atoms with E-state index >= 15 is 0 Å². The molecule has 0 saturated heterocycles. The third-order valence-electron chi connectivity index (χ3n) is 4.11. The molecule has 0 spiro atoms. The fourth-order valence-electron chi connectivity index (χ4n) is 2.57. The standard InChI is InChI=1S/C21H31N3OS/c1-3-19-11-12-20(26-19)17-24-21(22-2)23-14-7-8-15-25-16-13-18-9-5-4-6-10-18/h4-6,9-12H,3,7-8,13-17H2,1-2H3,(H2,22,23,24). The number of aryl methyl sites for hydroxylation is 1. The van der Waals surface area contributed by atoms with Crippen LogP contribution in [0.5, 0.6) is 0 Å². The summed E-state index contributed by atoms with van der Waals surface area (Å²) in [7, 11) is 1.81. The Bertz CT molecular complexity index is 640. The highest BCUT2D eigenvalue weighted by Crippen LogP contribution is 2.16. The van der Waals surface area contributed by atoms with Crippen LogP contribution in [0.2, 0.25) is 0 Å². The molecule has 2 rings (SSSR count). The van der Waals surface area contributed by atoms with Gasteiger partial charge in [0, 0.05) is 30.0 Å². The molecule has 1 heterocycles. The van der Waals surface area contributed by atoms with Crippen LogP contribution in [0.4, 0.5) is 0 Å². The molecule has 0 bridgehead atoms. The van der Waals surface area contributed by atoms with Gasteiger partial charge in [-0.2, -0.15) is 0 Å². The minimum absolute atomic E-state index is 0.793. The molecular formula is C21H31N3OS. The first-order valence-corrected chi connectivity index (χ1v) is 10.3. The van der Waals surface area contributed by atoms with Gasteiger partial charge < -0.3 is 15.4 Å². The van der Waals surface area contributed by atoms with E-state index in [1.165, 1.54) is 15.3 Å². The van der Waals surface area contributed by atoms with E-state index in [1.807, 2.05) is 24.5 Å². The highest BCUT2D eigenvalue weighted by atomic mass is 32.1. The summed E-state index contributed by atoms with van der Waals surface area (Å²) in [5.74, 6) is 0.862. The second-order valence-corrected chi connectivity index (χ2v) is 7.38. The van der Waals surface area contributed by atoms with Crippen LogP contribution in [0, 0.1) is 0 Å². The maximum Gasteiger partial charge on any atom is 0.191 e. The van der Waals surface area contributed by atoms with Gasteiger partial charge in [-0.1, -0.05) is 37.3 Å². The fraction of sp³-hybridized carbons (Fsp3) is 0.476. The summed E-state index contributed by atoms with van der Waals surface area (Å²) >= 11 is 1.86. The van der Waals surface area contributed by atoms with Gasteiger partial charge in [-0.3, -0.25) is 4.99 Å². The maximum absolute atomic E-state index is 5.72. The molecule has 2 N–H and O–H groups in total. The molecule has 0 aliphatic heterocycles. The lowest BCUT2D eigenvalue weighted by atomic mass is 10.2. The lowest BCUT2D eigenvalue weighted by Crippen LogP contribution is -2.37. The van der Waals surface area contributed by atoms with E-state index in [9.17, 15) is 0 Å². The zero-order chi connectivity index (χ0) is 18.5. The second-order valence-electron chi connectivity index (χ2n) is 6.13. The lowest BCUT2D eigenvalue weighted by Gasteiger charge is -2.11. The number of aliphatic imine (C=N–C) groups is 1. The zero-order valence-electron chi connectivity index (χ0n) is 16.0. The van der Waals surface area contributed by atoms with Crippen molar-refractivity contribution in [3.8, 4) is 0 Å². The Morgan fingerprint density at radius 3 is 2.54 bits per heavy atom. The summed E-state index contributed by atoms with van der Waals surface area (Å²) < 4.78 is 5.72. The van der Waals surface area contributed by atoms with Gasteiger partial charge in [-0.15, -0.1) is 11.3 Å². The fourth-order valence-corrected chi connectivity index (χ4v) is 3.47. The molecule has 0 fully saturated rings. The number of hydrogen-bond donors (Lipinski definition) is 2. The van der Waals surface area contributed by atoms with E-state index in [-0.39, 0.29) is 0 Å². The number of guanidine groups is 1. The number of thiophene rings is 1. The Morgan fingerprint density at radius 2 is 1.81 bits per heavy atom. The first-order valence-electron chi connectivity index (χ1n) is 9.45. The number of rotatable bonds is 11. The number of benzene rings is 1. The monoisotopic (exact) mass is 373 g/mol. The summed E-state index contributed by atoms with van der Waals surface area (Å²) in [6, 6.07) is 14.9. The molecule has 0 radical (unpaired) electrons. The minimum atomic E-state index is 0.793. The van der Waals surface area contributed by atoms with Gasteiger partial charge >= 0.3 is 0 Å². The number of unbranched alkanes of at least 4 members (excludes halogenated alkanes) is 1. The van der Waals surface area contributed by atoms with Gasteiger partial charge in [0.25, 0.3) is 0 Å². The molecule has 2 aromatic rings. The van der Waals surface area contributed by atoms with Crippen LogP contribution >= 0.6 is 11.3 Å². The molecule has 1 aromatic carbocycles. The first-order chi connectivity index (χ1) is 12.8. The van der Waals surface area contributed by atoms with Crippen LogP contribution in [-0.2, 0) is 24.1 Å². The number of hydrogen-bond acceptors (Lipinski definition) is 3. The van der Waals surface area contributed by atoms with Crippen LogP contribution in [0.3, 0.4) is 0 Å². The van der Waals surface area contributed by atoms with Gasteiger partial charge in [0.15, 0.2) is 5.96 Å². The summed E-state index contributed by atoms with van der Waals surface area (Å²) in [6.45, 7) is 5.53. The first kappa shape index (κ1) is 20.5. The van der Waals surface area contributed by atoms with Crippen molar-refractivity contribution in [2.24, 2.45) is 4.99 Å². The Labute approximate surface area is 161 Å². The molecule has 5 heteroatoms. The molecule has 26 heavy (non-hydrogen) atoms. The molecule has 0 aliphatic rings. The van der Waals surface area contributed by atoms with Crippen molar-refractivity contribution in [3.63, 3.8) is 0 Å². The van der Waals surface area contributed by atoms with E-state index in [1.54, 1.807) is 0 Å². The lowest BCUT2D eigenvalue weighted by molar-refractivity contribution is 0.133. The maximum atomic E-state index is 5.72. The van der Waals surface area contributed by atoms with Gasteiger partial charge in [0.1, 0.15) is 0 Å². The molecule has 0 aliphatic carbocycles. The highest BCUT2D eigenvalue weighted by molar-refractivity contribution is 7.11. The van der Waals surface area contributed by atoms with Crippen molar-refractivity contribution < 1.29 is 4.74 Å². The van der Waals surface area contributed by atoms with Crippen molar-refractivity contribution in [1.29, 1.82) is 0 Å². The van der Waals surface area contributed by atoms with E-state index in [0.29, 0.717) is 0 Å². The smallest absolute Gasteiger partial charge is 0.191 e. The van der Waals surface area contributed by atoms with E-state index in [0.717, 1.165) is 57.9 Å². The van der Waals surface area contributed by atoms with Crippen molar-refractivity contribution in [3.05, 3.63) is 57.8 Å². The van der Waals surface area contributed by atoms with Gasteiger partial charge in [0.05, 0.1) is 13.2 Å². The predicted octanol–water partition coefficient (Wildman–Crippen LogP) is 4.02. The molecule has 142 valence electrons. The zero-order valence-corrected chi connectivity index (χ0v) is 16.8. The van der Waals surface area contributed by atoms with Crippen LogP contribution in [0.1, 0.15) is 35.1 Å². The summed E-state index contributed by atoms with van der Waals surface area (Å²) in [6.07, 6.45) is 4.22. The molecule has 0 saturated carbocycles. The summed E-state index contributed by atoms with van der Waals surface area (Å²) in [5.41, 5.74) is 1.33. The molecular weight excluding hydrogens is 342 g/mol. The SMILES string of the molecule is CCc1ccc(CNC(=NC)NCCCCOCCc2ccccc2)s1. The van der Waals surface area contributed by atoms with E-state index < -0.39 is 0 Å². The van der Waals surface area contributed by atoms with Crippen molar-refractivity contribution in [1.82, 2.24) is 10.6 Å². The van der Waals surface area contributed by atoms with Gasteiger partial charge in [-0.05, 0) is 43.4 Å². The number of ether oxygens (including phenoxy) is 1. The predicted molar refractivity (Wildman–Crippen MR) is 112 cm³/mol. The Balaban J connectivity index is 1.48. The van der Waals surface area contributed by atoms with Crippen molar-refractivity contribution >= 4 is 17.3 Å². The topological polar surface area (TPSA) is 45.7 Å². The Kier molecular flexibility index (Phi) is 9.83. The number of nitrogens with one attached hydrogen (secondary N) is 2. The number of nitrogens with zero attached hydrogens (tertiary/aromatic N) is 1. The van der Waals surface area contributed by atoms with E-state index in [4.69, 9.17) is 4.74 Å². The molecule has 0 atom stereocenters. The minimum Gasteiger partial charge on any atom is -0.381 e.